The van der Waals surface area contributed by atoms with Crippen molar-refractivity contribution < 1.29 is 4.52 Å². The molecule has 0 spiro atoms. The Morgan fingerprint density at radius 3 is 2.58 bits per heavy atom. The monoisotopic (exact) mass is 318 g/mol. The van der Waals surface area contributed by atoms with Crippen molar-refractivity contribution in [1.82, 2.24) is 20.1 Å². The van der Waals surface area contributed by atoms with Crippen LogP contribution in [0, 0.1) is 11.8 Å². The predicted octanol–water partition coefficient (Wildman–Crippen LogP) is 3.83. The third kappa shape index (κ3) is 3.66. The van der Waals surface area contributed by atoms with E-state index in [1.807, 2.05) is 30.3 Å². The van der Waals surface area contributed by atoms with Gasteiger partial charge in [-0.3, -0.25) is 4.98 Å². The highest BCUT2D eigenvalue weighted by molar-refractivity contribution is 5.50. The molecule has 0 radical (unpaired) electrons. The van der Waals surface area contributed by atoms with Gasteiger partial charge in [0.1, 0.15) is 11.4 Å². The summed E-state index contributed by atoms with van der Waals surface area (Å²) in [7, 11) is 0. The Morgan fingerprint density at radius 2 is 1.92 bits per heavy atom. The summed E-state index contributed by atoms with van der Waals surface area (Å²) >= 11 is 0. The molecule has 0 saturated heterocycles. The van der Waals surface area contributed by atoms with E-state index in [2.05, 4.69) is 45.8 Å². The zero-order chi connectivity index (χ0) is 16.8. The van der Waals surface area contributed by atoms with Crippen LogP contribution in [0.2, 0.25) is 0 Å². The molecule has 0 aliphatic heterocycles. The molecule has 0 fully saturated rings. The number of hydrogen-bond donors (Lipinski definition) is 0. The van der Waals surface area contributed by atoms with Gasteiger partial charge in [-0.2, -0.15) is 4.98 Å². The van der Waals surface area contributed by atoms with Crippen LogP contribution in [0.4, 0.5) is 0 Å². The minimum Gasteiger partial charge on any atom is -0.339 e. The first-order chi connectivity index (χ1) is 11.8. The van der Waals surface area contributed by atoms with Crippen LogP contribution in [0.3, 0.4) is 0 Å². The number of aromatic nitrogens is 4. The molecule has 0 aliphatic carbocycles. The van der Waals surface area contributed by atoms with Gasteiger partial charge in [0, 0.05) is 23.9 Å². The molecular weight excluding hydrogens is 300 g/mol. The zero-order valence-electron chi connectivity index (χ0n) is 13.7. The van der Waals surface area contributed by atoms with Gasteiger partial charge in [0.2, 0.25) is 11.7 Å². The molecule has 0 aliphatic rings. The van der Waals surface area contributed by atoms with Gasteiger partial charge in [0.05, 0.1) is 0 Å². The van der Waals surface area contributed by atoms with Crippen LogP contribution in [0.5, 0.6) is 0 Å². The van der Waals surface area contributed by atoms with Crippen LogP contribution in [0.1, 0.15) is 49.8 Å². The smallest absolute Gasteiger partial charge is 0.230 e. The van der Waals surface area contributed by atoms with Gasteiger partial charge in [-0.15, -0.1) is 0 Å². The molecule has 24 heavy (non-hydrogen) atoms. The molecule has 0 bridgehead atoms. The zero-order valence-corrected chi connectivity index (χ0v) is 13.7. The van der Waals surface area contributed by atoms with E-state index in [4.69, 9.17) is 4.52 Å². The largest absolute Gasteiger partial charge is 0.339 e. The summed E-state index contributed by atoms with van der Waals surface area (Å²) in [5.41, 5.74) is 2.22. The van der Waals surface area contributed by atoms with Crippen molar-refractivity contribution in [3.05, 3.63) is 59.9 Å². The Morgan fingerprint density at radius 1 is 1.04 bits per heavy atom. The van der Waals surface area contributed by atoms with Gasteiger partial charge >= 0.3 is 0 Å². The number of nitrogens with zero attached hydrogens (tertiary/aromatic N) is 4. The maximum atomic E-state index is 5.36. The number of pyridine rings is 2. The summed E-state index contributed by atoms with van der Waals surface area (Å²) in [6.07, 6.45) is 5.39. The predicted molar refractivity (Wildman–Crippen MR) is 91.1 cm³/mol. The second-order valence-electron chi connectivity index (χ2n) is 5.37. The molecule has 5 heteroatoms. The quantitative estimate of drug-likeness (QED) is 0.684. The second kappa shape index (κ2) is 7.51. The average Bonchev–Trinajstić information content (AvgIpc) is 3.12. The third-order valence-corrected chi connectivity index (χ3v) is 3.77. The van der Waals surface area contributed by atoms with Gasteiger partial charge in [-0.1, -0.05) is 31.0 Å². The Bertz CT molecular complexity index is 840. The first kappa shape index (κ1) is 15.9. The Hall–Kier alpha value is -3.00. The molecule has 0 unspecified atom stereocenters. The van der Waals surface area contributed by atoms with Crippen molar-refractivity contribution in [3.8, 4) is 23.4 Å². The third-order valence-electron chi connectivity index (χ3n) is 3.77. The van der Waals surface area contributed by atoms with Gasteiger partial charge in [-0.05, 0) is 43.0 Å². The molecule has 3 rings (SSSR count). The molecule has 0 aromatic carbocycles. The standard InChI is InChI=1S/C19H18N4O/c1-3-15(4-2)19-22-18(23-24-19)17-11-9-14(13-21-17)8-10-16-7-5-6-12-20-16/h5-7,9,11-13,15H,3-4H2,1-2H3. The van der Waals surface area contributed by atoms with E-state index in [0.29, 0.717) is 23.3 Å². The van der Waals surface area contributed by atoms with Crippen LogP contribution in [0.25, 0.3) is 11.5 Å². The normalized spacial score (nSPS) is 10.5. The second-order valence-corrected chi connectivity index (χ2v) is 5.37. The molecule has 0 amide bonds. The Kier molecular flexibility index (Phi) is 4.97. The fraction of sp³-hybridized carbons (Fsp3) is 0.263. The van der Waals surface area contributed by atoms with Gasteiger partial charge < -0.3 is 4.52 Å². The maximum absolute atomic E-state index is 5.36. The fourth-order valence-corrected chi connectivity index (χ4v) is 2.32. The van der Waals surface area contributed by atoms with Crippen molar-refractivity contribution in [2.24, 2.45) is 0 Å². The molecular formula is C19H18N4O. The Balaban J connectivity index is 1.77. The van der Waals surface area contributed by atoms with Gasteiger partial charge in [0.15, 0.2) is 0 Å². The SMILES string of the molecule is CCC(CC)c1nc(-c2ccc(C#Cc3ccccn3)cn2)no1. The van der Waals surface area contributed by atoms with E-state index in [9.17, 15) is 0 Å². The molecule has 120 valence electrons. The molecule has 5 nitrogen and oxygen atoms in total. The topological polar surface area (TPSA) is 64.7 Å². The molecule has 0 atom stereocenters. The lowest BCUT2D eigenvalue weighted by atomic mass is 10.0. The summed E-state index contributed by atoms with van der Waals surface area (Å²) in [6, 6.07) is 9.39. The Labute approximate surface area is 141 Å². The summed E-state index contributed by atoms with van der Waals surface area (Å²) in [5, 5.41) is 4.03. The van der Waals surface area contributed by atoms with E-state index in [1.165, 1.54) is 0 Å². The summed E-state index contributed by atoms with van der Waals surface area (Å²) in [4.78, 5) is 13.0. The van der Waals surface area contributed by atoms with Gasteiger partial charge in [-0.25, -0.2) is 4.98 Å². The lowest BCUT2D eigenvalue weighted by molar-refractivity contribution is 0.346. The minimum atomic E-state index is 0.301. The lowest BCUT2D eigenvalue weighted by Crippen LogP contribution is -1.95. The number of hydrogen-bond acceptors (Lipinski definition) is 5. The van der Waals surface area contributed by atoms with Crippen LogP contribution in [0.15, 0.2) is 47.2 Å². The minimum absolute atomic E-state index is 0.301. The van der Waals surface area contributed by atoms with E-state index in [1.54, 1.807) is 12.4 Å². The first-order valence-electron chi connectivity index (χ1n) is 8.03. The van der Waals surface area contributed by atoms with E-state index in [-0.39, 0.29) is 0 Å². The molecule has 3 aromatic rings. The van der Waals surface area contributed by atoms with E-state index in [0.717, 1.165) is 24.1 Å². The van der Waals surface area contributed by atoms with Crippen molar-refractivity contribution in [1.29, 1.82) is 0 Å². The van der Waals surface area contributed by atoms with Gasteiger partial charge in [0.25, 0.3) is 0 Å². The fourth-order valence-electron chi connectivity index (χ4n) is 2.32. The summed E-state index contributed by atoms with van der Waals surface area (Å²) in [5.74, 6) is 7.54. The average molecular weight is 318 g/mol. The van der Waals surface area contributed by atoms with Crippen LogP contribution < -0.4 is 0 Å². The van der Waals surface area contributed by atoms with Crippen molar-refractivity contribution in [2.75, 3.05) is 0 Å². The highest BCUT2D eigenvalue weighted by Gasteiger charge is 2.16. The van der Waals surface area contributed by atoms with Crippen molar-refractivity contribution >= 4 is 0 Å². The van der Waals surface area contributed by atoms with Crippen LogP contribution in [-0.4, -0.2) is 20.1 Å². The van der Waals surface area contributed by atoms with Crippen molar-refractivity contribution in [3.63, 3.8) is 0 Å². The lowest BCUT2D eigenvalue weighted by Gasteiger charge is -2.04. The summed E-state index contributed by atoms with van der Waals surface area (Å²) in [6.45, 7) is 4.23. The highest BCUT2D eigenvalue weighted by atomic mass is 16.5. The van der Waals surface area contributed by atoms with Crippen molar-refractivity contribution in [2.45, 2.75) is 32.6 Å². The van der Waals surface area contributed by atoms with E-state index < -0.39 is 0 Å². The molecule has 0 saturated carbocycles. The van der Waals surface area contributed by atoms with E-state index >= 15 is 0 Å². The van der Waals surface area contributed by atoms with Crippen LogP contribution >= 0.6 is 0 Å². The summed E-state index contributed by atoms with van der Waals surface area (Å²) < 4.78 is 5.36. The first-order valence-corrected chi connectivity index (χ1v) is 8.03. The number of rotatable bonds is 4. The highest BCUT2D eigenvalue weighted by Crippen LogP contribution is 2.23. The molecule has 3 aromatic heterocycles. The molecule has 0 N–H and O–H groups in total. The molecule has 3 heterocycles. The van der Waals surface area contributed by atoms with Crippen LogP contribution in [-0.2, 0) is 0 Å². The maximum Gasteiger partial charge on any atom is 0.230 e.